The number of ether oxygens (including phenoxy) is 1. The lowest BCUT2D eigenvalue weighted by molar-refractivity contribution is -0.145. The molecule has 124 valence electrons. The third-order valence-corrected chi connectivity index (χ3v) is 5.18. The van der Waals surface area contributed by atoms with Crippen molar-refractivity contribution < 1.29 is 9.53 Å². The minimum absolute atomic E-state index is 0.185. The van der Waals surface area contributed by atoms with Gasteiger partial charge in [0, 0.05) is 4.88 Å². The largest absolute Gasteiger partial charge is 0.464 e. The average Bonchev–Trinajstić information content (AvgIpc) is 2.86. The van der Waals surface area contributed by atoms with E-state index in [1.165, 1.54) is 4.88 Å². The van der Waals surface area contributed by atoms with Crippen LogP contribution in [0.3, 0.4) is 0 Å². The third-order valence-electron chi connectivity index (χ3n) is 4.04. The van der Waals surface area contributed by atoms with Crippen molar-refractivity contribution in [1.82, 2.24) is 15.0 Å². The van der Waals surface area contributed by atoms with E-state index < -0.39 is 5.97 Å². The molecule has 0 saturated carbocycles. The highest BCUT2D eigenvalue weighted by Crippen LogP contribution is 2.35. The van der Waals surface area contributed by atoms with Gasteiger partial charge < -0.3 is 4.74 Å². The maximum Gasteiger partial charge on any atom is 0.327 e. The average molecular weight is 335 g/mol. The van der Waals surface area contributed by atoms with Crippen molar-refractivity contribution in [2.24, 2.45) is 11.8 Å². The Morgan fingerprint density at radius 1 is 1.48 bits per heavy atom. The number of rotatable bonds is 4. The summed E-state index contributed by atoms with van der Waals surface area (Å²) < 4.78 is 6.24. The molecule has 2 aromatic rings. The molecule has 7 heteroatoms. The molecule has 1 atom stereocenters. The lowest BCUT2D eigenvalue weighted by atomic mass is 9.89. The number of esters is 1. The zero-order valence-corrected chi connectivity index (χ0v) is 14.5. The van der Waals surface area contributed by atoms with Gasteiger partial charge in [0.1, 0.15) is 6.54 Å². The SMILES string of the molecule is CC(C)COC(=O)Cn1nnc2sc3c(c2c1=O)CC[C@@H](C)C3. The Kier molecular flexibility index (Phi) is 4.48. The van der Waals surface area contributed by atoms with E-state index in [4.69, 9.17) is 4.74 Å². The first-order valence-electron chi connectivity index (χ1n) is 7.99. The fraction of sp³-hybridized carbons (Fsp3) is 0.625. The second-order valence-corrected chi connectivity index (χ2v) is 7.74. The molecule has 0 aromatic carbocycles. The van der Waals surface area contributed by atoms with Crippen LogP contribution in [0.1, 0.15) is 37.6 Å². The monoisotopic (exact) mass is 335 g/mol. The van der Waals surface area contributed by atoms with Gasteiger partial charge in [0.2, 0.25) is 0 Å². The second-order valence-electron chi connectivity index (χ2n) is 6.66. The topological polar surface area (TPSA) is 74.1 Å². The molecule has 0 spiro atoms. The molecule has 2 heterocycles. The lowest BCUT2D eigenvalue weighted by Gasteiger charge is -2.17. The number of fused-ring (bicyclic) bond motifs is 3. The van der Waals surface area contributed by atoms with Gasteiger partial charge in [-0.3, -0.25) is 9.59 Å². The van der Waals surface area contributed by atoms with Gasteiger partial charge in [-0.1, -0.05) is 26.0 Å². The maximum absolute atomic E-state index is 12.7. The van der Waals surface area contributed by atoms with E-state index in [0.29, 0.717) is 22.7 Å². The normalized spacial score (nSPS) is 17.5. The number of nitrogens with zero attached hydrogens (tertiary/aromatic N) is 3. The van der Waals surface area contributed by atoms with Gasteiger partial charge in [-0.25, -0.2) is 0 Å². The number of carbonyl (C=O) groups is 1. The van der Waals surface area contributed by atoms with Crippen LogP contribution >= 0.6 is 11.3 Å². The molecule has 1 aliphatic carbocycles. The van der Waals surface area contributed by atoms with E-state index in [1.807, 2.05) is 13.8 Å². The summed E-state index contributed by atoms with van der Waals surface area (Å²) >= 11 is 1.56. The van der Waals surface area contributed by atoms with Crippen molar-refractivity contribution in [2.45, 2.75) is 46.6 Å². The molecule has 0 aliphatic heterocycles. The first-order valence-corrected chi connectivity index (χ1v) is 8.81. The minimum atomic E-state index is -0.452. The van der Waals surface area contributed by atoms with Gasteiger partial charge in [-0.05, 0) is 36.7 Å². The van der Waals surface area contributed by atoms with E-state index >= 15 is 0 Å². The van der Waals surface area contributed by atoms with Crippen LogP contribution in [0.5, 0.6) is 0 Å². The number of aromatic nitrogens is 3. The number of hydrogen-bond acceptors (Lipinski definition) is 6. The third kappa shape index (κ3) is 3.29. The van der Waals surface area contributed by atoms with Crippen LogP contribution in [0, 0.1) is 11.8 Å². The lowest BCUT2D eigenvalue weighted by Crippen LogP contribution is -2.29. The van der Waals surface area contributed by atoms with Crippen LogP contribution in [-0.4, -0.2) is 27.6 Å². The summed E-state index contributed by atoms with van der Waals surface area (Å²) in [7, 11) is 0. The first kappa shape index (κ1) is 16.1. The van der Waals surface area contributed by atoms with Gasteiger partial charge in [-0.15, -0.1) is 16.4 Å². The van der Waals surface area contributed by atoms with E-state index in [1.54, 1.807) is 11.3 Å². The summed E-state index contributed by atoms with van der Waals surface area (Å²) in [5.74, 6) is 0.444. The Bertz CT molecular complexity index is 794. The zero-order valence-electron chi connectivity index (χ0n) is 13.7. The van der Waals surface area contributed by atoms with Gasteiger partial charge in [0.05, 0.1) is 12.0 Å². The molecule has 23 heavy (non-hydrogen) atoms. The molecular formula is C16H21N3O3S. The number of carbonyl (C=O) groups excluding carboxylic acids is 1. The molecule has 0 bridgehead atoms. The van der Waals surface area contributed by atoms with Crippen molar-refractivity contribution in [1.29, 1.82) is 0 Å². The van der Waals surface area contributed by atoms with Crippen molar-refractivity contribution in [3.8, 4) is 0 Å². The summed E-state index contributed by atoms with van der Waals surface area (Å²) in [6.07, 6.45) is 2.97. The van der Waals surface area contributed by atoms with Gasteiger partial charge >= 0.3 is 5.97 Å². The number of thiophene rings is 1. The van der Waals surface area contributed by atoms with Crippen LogP contribution < -0.4 is 5.56 Å². The molecule has 0 saturated heterocycles. The maximum atomic E-state index is 12.7. The Labute approximate surface area is 138 Å². The van der Waals surface area contributed by atoms with Crippen LogP contribution in [0.2, 0.25) is 0 Å². The molecule has 0 N–H and O–H groups in total. The molecule has 6 nitrogen and oxygen atoms in total. The highest BCUT2D eigenvalue weighted by molar-refractivity contribution is 7.18. The highest BCUT2D eigenvalue weighted by atomic mass is 32.1. The predicted octanol–water partition coefficient (Wildman–Crippen LogP) is 2.18. The predicted molar refractivity (Wildman–Crippen MR) is 88.7 cm³/mol. The number of aryl methyl sites for hydroxylation is 1. The molecule has 0 fully saturated rings. The highest BCUT2D eigenvalue weighted by Gasteiger charge is 2.24. The van der Waals surface area contributed by atoms with Crippen molar-refractivity contribution >= 4 is 27.5 Å². The fourth-order valence-corrected chi connectivity index (χ4v) is 4.14. The molecule has 0 radical (unpaired) electrons. The minimum Gasteiger partial charge on any atom is -0.464 e. The van der Waals surface area contributed by atoms with Crippen molar-refractivity contribution in [3.63, 3.8) is 0 Å². The van der Waals surface area contributed by atoms with E-state index in [9.17, 15) is 9.59 Å². The van der Waals surface area contributed by atoms with E-state index in [2.05, 4.69) is 17.2 Å². The Morgan fingerprint density at radius 3 is 3.00 bits per heavy atom. The molecule has 0 amide bonds. The molecule has 0 unspecified atom stereocenters. The van der Waals surface area contributed by atoms with Gasteiger partial charge in [-0.2, -0.15) is 4.68 Å². The second kappa shape index (κ2) is 6.39. The van der Waals surface area contributed by atoms with Gasteiger partial charge in [0.15, 0.2) is 4.83 Å². The first-order chi connectivity index (χ1) is 11.0. The molecule has 1 aliphatic rings. The van der Waals surface area contributed by atoms with Gasteiger partial charge in [0.25, 0.3) is 5.56 Å². The summed E-state index contributed by atoms with van der Waals surface area (Å²) in [5, 5.41) is 8.69. The quantitative estimate of drug-likeness (QED) is 0.801. The van der Waals surface area contributed by atoms with E-state index in [-0.39, 0.29) is 18.0 Å². The standard InChI is InChI=1S/C16H21N3O3S/c1-9(2)8-22-13(20)7-19-16(21)14-11-5-4-10(3)6-12(11)23-15(14)17-18-19/h9-10H,4-8H2,1-3H3/t10-/m1/s1. The van der Waals surface area contributed by atoms with Crippen molar-refractivity contribution in [2.75, 3.05) is 6.61 Å². The summed E-state index contributed by atoms with van der Waals surface area (Å²) in [5.41, 5.74) is 0.871. The zero-order chi connectivity index (χ0) is 16.6. The van der Waals surface area contributed by atoms with Crippen LogP contribution in [0.4, 0.5) is 0 Å². The summed E-state index contributed by atoms with van der Waals surface area (Å²) in [6.45, 7) is 6.31. The Hall–Kier alpha value is -1.76. The van der Waals surface area contributed by atoms with Crippen LogP contribution in [0.15, 0.2) is 4.79 Å². The number of hydrogen-bond donors (Lipinski definition) is 0. The molecular weight excluding hydrogens is 314 g/mol. The summed E-state index contributed by atoms with van der Waals surface area (Å²) in [4.78, 5) is 26.4. The smallest absolute Gasteiger partial charge is 0.327 e. The molecule has 2 aromatic heterocycles. The Balaban J connectivity index is 1.90. The van der Waals surface area contributed by atoms with Crippen LogP contribution in [0.25, 0.3) is 10.2 Å². The Morgan fingerprint density at radius 2 is 2.26 bits per heavy atom. The van der Waals surface area contributed by atoms with Crippen molar-refractivity contribution in [3.05, 3.63) is 20.8 Å². The van der Waals surface area contributed by atoms with Crippen LogP contribution in [-0.2, 0) is 28.9 Å². The summed E-state index contributed by atoms with van der Waals surface area (Å²) in [6, 6.07) is 0. The molecule has 3 rings (SSSR count). The van der Waals surface area contributed by atoms with E-state index in [0.717, 1.165) is 29.5 Å². The fourth-order valence-electron chi connectivity index (χ4n) is 2.82.